The first-order valence-corrected chi connectivity index (χ1v) is 5.02. The van der Waals surface area contributed by atoms with Crippen LogP contribution in [0.5, 0.6) is 0 Å². The summed E-state index contributed by atoms with van der Waals surface area (Å²) in [4.78, 5) is 10.6. The van der Waals surface area contributed by atoms with Crippen LogP contribution in [-0.4, -0.2) is 11.1 Å². The Kier molecular flexibility index (Phi) is 3.89. The highest BCUT2D eigenvalue weighted by molar-refractivity contribution is 9.10. The van der Waals surface area contributed by atoms with Crippen molar-refractivity contribution in [2.24, 2.45) is 0 Å². The zero-order valence-electron chi connectivity index (χ0n) is 7.37. The Labute approximate surface area is 99.7 Å². The first kappa shape index (κ1) is 11.8. The topological polar surface area (TPSA) is 61.1 Å². The fourth-order valence-electron chi connectivity index (χ4n) is 0.916. The van der Waals surface area contributed by atoms with Crippen LogP contribution < -0.4 is 0 Å². The van der Waals surface area contributed by atoms with Gasteiger partial charge < -0.3 is 5.11 Å². The summed E-state index contributed by atoms with van der Waals surface area (Å²) in [7, 11) is 0. The maximum atomic E-state index is 10.6. The van der Waals surface area contributed by atoms with Crippen molar-refractivity contribution >= 4 is 39.6 Å². The van der Waals surface area contributed by atoms with E-state index in [0.717, 1.165) is 0 Å². The normalized spacial score (nSPS) is 10.9. The van der Waals surface area contributed by atoms with E-state index in [-0.39, 0.29) is 5.57 Å². The van der Waals surface area contributed by atoms with Crippen molar-refractivity contribution in [2.75, 3.05) is 0 Å². The second-order valence-electron chi connectivity index (χ2n) is 2.64. The number of carboxylic acid groups (broad SMARTS) is 1. The molecule has 0 aliphatic rings. The van der Waals surface area contributed by atoms with E-state index in [1.807, 2.05) is 0 Å². The highest BCUT2D eigenvalue weighted by atomic mass is 79.9. The van der Waals surface area contributed by atoms with Crippen LogP contribution >= 0.6 is 27.5 Å². The van der Waals surface area contributed by atoms with Gasteiger partial charge in [0.2, 0.25) is 0 Å². The molecule has 0 unspecified atom stereocenters. The smallest absolute Gasteiger partial charge is 0.346 e. The molecule has 0 spiro atoms. The summed E-state index contributed by atoms with van der Waals surface area (Å²) in [6.45, 7) is 0. The van der Waals surface area contributed by atoms with E-state index in [1.54, 1.807) is 24.3 Å². The molecule has 1 aromatic rings. The van der Waals surface area contributed by atoms with Gasteiger partial charge in [-0.05, 0) is 23.8 Å². The van der Waals surface area contributed by atoms with Gasteiger partial charge in [-0.15, -0.1) is 0 Å². The Hall–Kier alpha value is -1.31. The lowest BCUT2D eigenvalue weighted by Crippen LogP contribution is -1.97. The van der Waals surface area contributed by atoms with E-state index < -0.39 is 5.97 Å². The predicted molar refractivity (Wildman–Crippen MR) is 60.4 cm³/mol. The van der Waals surface area contributed by atoms with Crippen LogP contribution in [0.25, 0.3) is 6.08 Å². The van der Waals surface area contributed by atoms with Gasteiger partial charge in [0, 0.05) is 9.50 Å². The third kappa shape index (κ3) is 3.08. The fourth-order valence-corrected chi connectivity index (χ4v) is 1.71. The molecule has 3 nitrogen and oxygen atoms in total. The fraction of sp³-hybridized carbons (Fsp3) is 0. The lowest BCUT2D eigenvalue weighted by Gasteiger charge is -1.99. The average molecular weight is 287 g/mol. The monoisotopic (exact) mass is 285 g/mol. The van der Waals surface area contributed by atoms with Crippen molar-refractivity contribution in [1.29, 1.82) is 5.26 Å². The van der Waals surface area contributed by atoms with Gasteiger partial charge in [-0.3, -0.25) is 0 Å². The number of aliphatic carboxylic acids is 1. The van der Waals surface area contributed by atoms with Crippen LogP contribution in [0, 0.1) is 11.3 Å². The molecule has 0 bridgehead atoms. The highest BCUT2D eigenvalue weighted by Gasteiger charge is 2.07. The summed E-state index contributed by atoms with van der Waals surface area (Å²) in [6, 6.07) is 6.48. The number of benzene rings is 1. The molecule has 0 aliphatic heterocycles. The molecule has 0 amide bonds. The molecule has 15 heavy (non-hydrogen) atoms. The first-order valence-electron chi connectivity index (χ1n) is 3.84. The molecular formula is C10H5BrClNO2. The molecule has 76 valence electrons. The summed E-state index contributed by atoms with van der Waals surface area (Å²) in [5.74, 6) is -1.25. The lowest BCUT2D eigenvalue weighted by molar-refractivity contribution is -0.132. The molecule has 0 saturated heterocycles. The third-order valence-electron chi connectivity index (χ3n) is 1.61. The third-order valence-corrected chi connectivity index (χ3v) is 2.54. The first-order chi connectivity index (χ1) is 7.04. The van der Waals surface area contributed by atoms with Gasteiger partial charge in [-0.2, -0.15) is 5.26 Å². The lowest BCUT2D eigenvalue weighted by atomic mass is 10.1. The Bertz CT molecular complexity index is 477. The van der Waals surface area contributed by atoms with Gasteiger partial charge in [0.1, 0.15) is 11.6 Å². The van der Waals surface area contributed by atoms with Gasteiger partial charge in [0.15, 0.2) is 0 Å². The van der Waals surface area contributed by atoms with Crippen LogP contribution in [0.1, 0.15) is 5.56 Å². The van der Waals surface area contributed by atoms with Gasteiger partial charge in [0.05, 0.1) is 0 Å². The second-order valence-corrected chi connectivity index (χ2v) is 3.93. The molecule has 0 radical (unpaired) electrons. The van der Waals surface area contributed by atoms with Crippen LogP contribution in [-0.2, 0) is 4.79 Å². The van der Waals surface area contributed by atoms with Crippen molar-refractivity contribution in [2.45, 2.75) is 0 Å². The number of carboxylic acids is 1. The molecule has 5 heteroatoms. The molecule has 1 aromatic carbocycles. The van der Waals surface area contributed by atoms with Gasteiger partial charge >= 0.3 is 5.97 Å². The summed E-state index contributed by atoms with van der Waals surface area (Å²) >= 11 is 8.94. The van der Waals surface area contributed by atoms with E-state index in [4.69, 9.17) is 22.0 Å². The number of hydrogen-bond donors (Lipinski definition) is 1. The number of halogens is 2. The molecular weight excluding hydrogens is 281 g/mol. The molecule has 0 heterocycles. The Morgan fingerprint density at radius 1 is 1.60 bits per heavy atom. The molecule has 0 aliphatic carbocycles. The minimum Gasteiger partial charge on any atom is -0.477 e. The van der Waals surface area contributed by atoms with E-state index >= 15 is 0 Å². The van der Waals surface area contributed by atoms with E-state index in [1.165, 1.54) is 6.08 Å². The minimum absolute atomic E-state index is 0.321. The molecule has 0 fully saturated rings. The maximum Gasteiger partial charge on any atom is 0.346 e. The van der Waals surface area contributed by atoms with Crippen LogP contribution in [0.3, 0.4) is 0 Å². The summed E-state index contributed by atoms with van der Waals surface area (Å²) in [5.41, 5.74) is 0.274. The summed E-state index contributed by atoms with van der Waals surface area (Å²) < 4.78 is 0.643. The number of hydrogen-bond acceptors (Lipinski definition) is 2. The van der Waals surface area contributed by atoms with Crippen molar-refractivity contribution < 1.29 is 9.90 Å². The summed E-state index contributed by atoms with van der Waals surface area (Å²) in [5, 5.41) is 17.7. The SMILES string of the molecule is N#C/C(=C\c1ccc(Cl)cc1Br)C(=O)O. The maximum absolute atomic E-state index is 10.6. The average Bonchev–Trinajstić information content (AvgIpc) is 2.16. The quantitative estimate of drug-likeness (QED) is 0.671. The largest absolute Gasteiger partial charge is 0.477 e. The number of carbonyl (C=O) groups is 1. The zero-order valence-corrected chi connectivity index (χ0v) is 9.71. The standard InChI is InChI=1S/C10H5BrClNO2/c11-9-4-8(12)2-1-6(9)3-7(5-13)10(14)15/h1-4H,(H,14,15)/b7-3+. The van der Waals surface area contributed by atoms with Gasteiger partial charge in [-0.25, -0.2) is 4.79 Å². The van der Waals surface area contributed by atoms with Gasteiger partial charge in [-0.1, -0.05) is 33.6 Å². The van der Waals surface area contributed by atoms with Crippen molar-refractivity contribution in [1.82, 2.24) is 0 Å². The van der Waals surface area contributed by atoms with Crippen LogP contribution in [0.15, 0.2) is 28.2 Å². The zero-order chi connectivity index (χ0) is 11.4. The van der Waals surface area contributed by atoms with E-state index in [9.17, 15) is 4.79 Å². The molecule has 1 rings (SSSR count). The number of nitriles is 1. The summed E-state index contributed by atoms with van der Waals surface area (Å²) in [6.07, 6.45) is 1.28. The predicted octanol–water partition coefficient (Wildman–Crippen LogP) is 3.09. The van der Waals surface area contributed by atoms with Gasteiger partial charge in [0.25, 0.3) is 0 Å². The van der Waals surface area contributed by atoms with E-state index in [2.05, 4.69) is 15.9 Å². The van der Waals surface area contributed by atoms with Crippen molar-refractivity contribution in [3.8, 4) is 6.07 Å². The molecule has 1 N–H and O–H groups in total. The number of nitrogens with zero attached hydrogens (tertiary/aromatic N) is 1. The molecule has 0 saturated carbocycles. The van der Waals surface area contributed by atoms with Crippen molar-refractivity contribution in [3.05, 3.63) is 38.8 Å². The van der Waals surface area contributed by atoms with Crippen molar-refractivity contribution in [3.63, 3.8) is 0 Å². The second kappa shape index (κ2) is 4.96. The number of rotatable bonds is 2. The van der Waals surface area contributed by atoms with Crippen LogP contribution in [0.2, 0.25) is 5.02 Å². The Morgan fingerprint density at radius 2 is 2.27 bits per heavy atom. The molecule has 0 atom stereocenters. The Balaban J connectivity index is 3.19. The highest BCUT2D eigenvalue weighted by Crippen LogP contribution is 2.23. The Morgan fingerprint density at radius 3 is 2.73 bits per heavy atom. The molecule has 0 aromatic heterocycles. The van der Waals surface area contributed by atoms with E-state index in [0.29, 0.717) is 15.1 Å². The van der Waals surface area contributed by atoms with Crippen LogP contribution in [0.4, 0.5) is 0 Å². The minimum atomic E-state index is -1.25.